The normalized spacial score (nSPS) is 11.2. The van der Waals surface area contributed by atoms with Crippen molar-refractivity contribution >= 4 is 33.3 Å². The van der Waals surface area contributed by atoms with Crippen molar-refractivity contribution in [1.82, 2.24) is 4.98 Å². The lowest BCUT2D eigenvalue weighted by Crippen LogP contribution is -2.28. The molecule has 130 valence electrons. The van der Waals surface area contributed by atoms with Crippen LogP contribution in [0, 0.1) is 0 Å². The largest absolute Gasteiger partial charge is 0.356 e. The molecule has 1 N–H and O–H groups in total. The van der Waals surface area contributed by atoms with E-state index in [0.29, 0.717) is 6.54 Å². The molecule has 1 heterocycles. The number of nitrogens with one attached hydrogen (secondary N) is 1. The topological polar surface area (TPSA) is 36.1 Å². The van der Waals surface area contributed by atoms with Crippen LogP contribution in [0.25, 0.3) is 21.7 Å². The van der Waals surface area contributed by atoms with E-state index in [1.807, 2.05) is 24.0 Å². The van der Waals surface area contributed by atoms with E-state index in [0.717, 1.165) is 28.7 Å². The fraction of sp³-hybridized carbons (Fsp3) is 0.174. The number of nitrogens with zero attached hydrogens (tertiary/aromatic N) is 1. The van der Waals surface area contributed by atoms with Crippen LogP contribution in [0.4, 0.5) is 5.69 Å². The second kappa shape index (κ2) is 6.68. The molecule has 0 fully saturated rings. The third-order valence-corrected chi connectivity index (χ3v) is 4.97. The van der Waals surface area contributed by atoms with Crippen molar-refractivity contribution in [2.45, 2.75) is 20.3 Å². The van der Waals surface area contributed by atoms with Crippen LogP contribution >= 0.6 is 0 Å². The summed E-state index contributed by atoms with van der Waals surface area (Å²) in [6, 6.07) is 23.0. The minimum Gasteiger partial charge on any atom is -0.356 e. The van der Waals surface area contributed by atoms with Crippen LogP contribution in [-0.2, 0) is 11.2 Å². The van der Waals surface area contributed by atoms with Crippen LogP contribution in [0.2, 0.25) is 0 Å². The van der Waals surface area contributed by atoms with Gasteiger partial charge in [-0.3, -0.25) is 4.79 Å². The molecular formula is C23H22N2O. The van der Waals surface area contributed by atoms with Crippen molar-refractivity contribution in [2.75, 3.05) is 11.4 Å². The van der Waals surface area contributed by atoms with Crippen LogP contribution in [0.5, 0.6) is 0 Å². The second-order valence-corrected chi connectivity index (χ2v) is 6.58. The lowest BCUT2D eigenvalue weighted by molar-refractivity contribution is -0.116. The minimum atomic E-state index is 0.0661. The molecule has 1 amide bonds. The SMILES string of the molecule is CCN(C(C)=O)c1c(Cc2cccc3ccccc23)[nH]c2ccccc12. The van der Waals surface area contributed by atoms with E-state index in [9.17, 15) is 4.79 Å². The summed E-state index contributed by atoms with van der Waals surface area (Å²) in [5.41, 5.74) is 4.41. The molecule has 0 radical (unpaired) electrons. The molecular weight excluding hydrogens is 320 g/mol. The fourth-order valence-electron chi connectivity index (χ4n) is 3.79. The Bertz CT molecular complexity index is 1090. The number of aromatic nitrogens is 1. The summed E-state index contributed by atoms with van der Waals surface area (Å²) in [6.07, 6.45) is 0.759. The Morgan fingerprint density at radius 1 is 0.923 bits per heavy atom. The standard InChI is InChI=1S/C23H22N2O/c1-3-25(16(2)26)23-20-13-6-7-14-21(20)24-22(23)15-18-11-8-10-17-9-4-5-12-19(17)18/h4-14,24H,3,15H2,1-2H3. The van der Waals surface area contributed by atoms with Crippen molar-refractivity contribution in [3.63, 3.8) is 0 Å². The Morgan fingerprint density at radius 3 is 2.38 bits per heavy atom. The van der Waals surface area contributed by atoms with E-state index in [-0.39, 0.29) is 5.91 Å². The van der Waals surface area contributed by atoms with E-state index >= 15 is 0 Å². The number of para-hydroxylation sites is 1. The molecule has 3 heteroatoms. The number of fused-ring (bicyclic) bond motifs is 2. The highest BCUT2D eigenvalue weighted by molar-refractivity contribution is 6.04. The summed E-state index contributed by atoms with van der Waals surface area (Å²) >= 11 is 0. The van der Waals surface area contributed by atoms with Gasteiger partial charge in [-0.15, -0.1) is 0 Å². The Labute approximate surface area is 153 Å². The minimum absolute atomic E-state index is 0.0661. The maximum absolute atomic E-state index is 12.2. The van der Waals surface area contributed by atoms with Gasteiger partial charge in [-0.05, 0) is 29.3 Å². The van der Waals surface area contributed by atoms with Crippen molar-refractivity contribution in [2.24, 2.45) is 0 Å². The molecule has 4 aromatic rings. The lowest BCUT2D eigenvalue weighted by atomic mass is 10.00. The van der Waals surface area contributed by atoms with Gasteiger partial charge in [-0.25, -0.2) is 0 Å². The van der Waals surface area contributed by atoms with Gasteiger partial charge in [0.15, 0.2) is 0 Å². The van der Waals surface area contributed by atoms with E-state index in [2.05, 4.69) is 59.6 Å². The predicted molar refractivity (Wildman–Crippen MR) is 109 cm³/mol. The van der Waals surface area contributed by atoms with Crippen LogP contribution in [0.1, 0.15) is 25.1 Å². The zero-order valence-electron chi connectivity index (χ0n) is 15.1. The number of hydrogen-bond donors (Lipinski definition) is 1. The number of carbonyl (C=O) groups excluding carboxylic acids is 1. The smallest absolute Gasteiger partial charge is 0.223 e. The molecule has 0 spiro atoms. The number of anilines is 1. The molecule has 3 aromatic carbocycles. The molecule has 0 atom stereocenters. The highest BCUT2D eigenvalue weighted by Crippen LogP contribution is 2.34. The number of H-pyrrole nitrogens is 1. The van der Waals surface area contributed by atoms with Gasteiger partial charge >= 0.3 is 0 Å². The third-order valence-electron chi connectivity index (χ3n) is 4.97. The van der Waals surface area contributed by atoms with Gasteiger partial charge in [0.2, 0.25) is 5.91 Å². The average Bonchev–Trinajstić information content (AvgIpc) is 3.01. The maximum atomic E-state index is 12.2. The van der Waals surface area contributed by atoms with Gasteiger partial charge in [-0.1, -0.05) is 60.7 Å². The molecule has 0 saturated heterocycles. The molecule has 1 aromatic heterocycles. The fourth-order valence-corrected chi connectivity index (χ4v) is 3.79. The van der Waals surface area contributed by atoms with Crippen molar-refractivity contribution in [1.29, 1.82) is 0 Å². The number of amides is 1. The van der Waals surface area contributed by atoms with Gasteiger partial charge in [0.25, 0.3) is 0 Å². The molecule has 0 saturated carbocycles. The van der Waals surface area contributed by atoms with E-state index in [1.54, 1.807) is 6.92 Å². The molecule has 26 heavy (non-hydrogen) atoms. The molecule has 4 rings (SSSR count). The third kappa shape index (κ3) is 2.76. The summed E-state index contributed by atoms with van der Waals surface area (Å²) in [4.78, 5) is 17.7. The van der Waals surface area contributed by atoms with E-state index in [4.69, 9.17) is 0 Å². The monoisotopic (exact) mass is 342 g/mol. The first-order valence-electron chi connectivity index (χ1n) is 9.03. The lowest BCUT2D eigenvalue weighted by Gasteiger charge is -2.20. The van der Waals surface area contributed by atoms with Crippen LogP contribution in [0.15, 0.2) is 66.7 Å². The van der Waals surface area contributed by atoms with Gasteiger partial charge in [0, 0.05) is 36.5 Å². The first-order chi connectivity index (χ1) is 12.7. The zero-order valence-corrected chi connectivity index (χ0v) is 15.1. The Balaban J connectivity index is 1.89. The molecule has 3 nitrogen and oxygen atoms in total. The van der Waals surface area contributed by atoms with Crippen LogP contribution in [0.3, 0.4) is 0 Å². The van der Waals surface area contributed by atoms with Gasteiger partial charge < -0.3 is 9.88 Å². The Morgan fingerprint density at radius 2 is 1.62 bits per heavy atom. The van der Waals surface area contributed by atoms with Crippen molar-refractivity contribution in [3.05, 3.63) is 78.0 Å². The second-order valence-electron chi connectivity index (χ2n) is 6.58. The van der Waals surface area contributed by atoms with E-state index in [1.165, 1.54) is 16.3 Å². The Kier molecular flexibility index (Phi) is 4.21. The highest BCUT2D eigenvalue weighted by Gasteiger charge is 2.20. The summed E-state index contributed by atoms with van der Waals surface area (Å²) < 4.78 is 0. The first kappa shape index (κ1) is 16.4. The van der Waals surface area contributed by atoms with Crippen LogP contribution < -0.4 is 4.90 Å². The molecule has 0 aliphatic rings. The number of rotatable bonds is 4. The summed E-state index contributed by atoms with van der Waals surface area (Å²) in [5, 5.41) is 3.59. The quantitative estimate of drug-likeness (QED) is 0.538. The number of aromatic amines is 1. The summed E-state index contributed by atoms with van der Waals surface area (Å²) in [7, 11) is 0. The van der Waals surface area contributed by atoms with Crippen molar-refractivity contribution < 1.29 is 4.79 Å². The molecule has 0 unspecified atom stereocenters. The van der Waals surface area contributed by atoms with Gasteiger partial charge in [-0.2, -0.15) is 0 Å². The van der Waals surface area contributed by atoms with E-state index < -0.39 is 0 Å². The van der Waals surface area contributed by atoms with Gasteiger partial charge in [0.05, 0.1) is 5.69 Å². The average molecular weight is 342 g/mol. The number of benzene rings is 3. The van der Waals surface area contributed by atoms with Crippen LogP contribution in [-0.4, -0.2) is 17.4 Å². The zero-order chi connectivity index (χ0) is 18.1. The maximum Gasteiger partial charge on any atom is 0.223 e. The molecule has 0 aliphatic carbocycles. The molecule has 0 aliphatic heterocycles. The highest BCUT2D eigenvalue weighted by atomic mass is 16.2. The Hall–Kier alpha value is -3.07. The summed E-state index contributed by atoms with van der Waals surface area (Å²) in [6.45, 7) is 4.30. The number of carbonyl (C=O) groups is 1. The predicted octanol–water partition coefficient (Wildman–Crippen LogP) is 5.28. The molecule has 0 bridgehead atoms. The first-order valence-corrected chi connectivity index (χ1v) is 9.03. The van der Waals surface area contributed by atoms with Crippen molar-refractivity contribution in [3.8, 4) is 0 Å². The summed E-state index contributed by atoms with van der Waals surface area (Å²) in [5.74, 6) is 0.0661. The van der Waals surface area contributed by atoms with Gasteiger partial charge in [0.1, 0.15) is 0 Å². The number of hydrogen-bond acceptors (Lipinski definition) is 1.